The molecular formula is C44H48FN9O4. The second-order valence-corrected chi connectivity index (χ2v) is 16.0. The zero-order valence-corrected chi connectivity index (χ0v) is 33.2. The molecule has 5 N–H and O–H groups in total. The number of rotatable bonds is 11. The summed E-state index contributed by atoms with van der Waals surface area (Å²) in [7, 11) is 0. The second-order valence-electron chi connectivity index (χ2n) is 16.0. The van der Waals surface area contributed by atoms with E-state index in [2.05, 4.69) is 59.8 Å². The number of anilines is 2. The number of piperazine rings is 1. The van der Waals surface area contributed by atoms with Gasteiger partial charge in [-0.1, -0.05) is 62.3 Å². The molecule has 0 radical (unpaired) electrons. The summed E-state index contributed by atoms with van der Waals surface area (Å²) in [5, 5.41) is 18.1. The summed E-state index contributed by atoms with van der Waals surface area (Å²) in [4.78, 5) is 49.8. The van der Waals surface area contributed by atoms with Crippen LogP contribution in [-0.4, -0.2) is 76.2 Å². The molecule has 0 bridgehead atoms. The zero-order chi connectivity index (χ0) is 41.1. The van der Waals surface area contributed by atoms with Gasteiger partial charge in [-0.3, -0.25) is 30.0 Å². The quantitative estimate of drug-likeness (QED) is 0.0959. The lowest BCUT2D eigenvalue weighted by atomic mass is 9.89. The number of pyridine rings is 1. The Kier molecular flexibility index (Phi) is 11.5. The number of hydrogen-bond donors (Lipinski definition) is 4. The molecule has 1 unspecified atom stereocenters. The first-order chi connectivity index (χ1) is 27.7. The van der Waals surface area contributed by atoms with Crippen LogP contribution in [0.3, 0.4) is 0 Å². The average molecular weight is 786 g/mol. The van der Waals surface area contributed by atoms with Crippen molar-refractivity contribution < 1.29 is 23.3 Å². The molecule has 5 aromatic rings. The first-order valence-corrected chi connectivity index (χ1v) is 19.5. The van der Waals surface area contributed by atoms with Gasteiger partial charge in [-0.25, -0.2) is 9.37 Å². The fourth-order valence-corrected chi connectivity index (χ4v) is 7.29. The Labute approximate surface area is 336 Å². The van der Waals surface area contributed by atoms with Crippen LogP contribution in [-0.2, 0) is 28.0 Å². The minimum Gasteiger partial charge on any atom is -0.383 e. The third kappa shape index (κ3) is 8.97. The van der Waals surface area contributed by atoms with Gasteiger partial charge in [0.05, 0.1) is 11.6 Å². The van der Waals surface area contributed by atoms with Crippen LogP contribution in [0.15, 0.2) is 77.4 Å². The van der Waals surface area contributed by atoms with E-state index in [9.17, 15) is 18.8 Å². The van der Waals surface area contributed by atoms with Crippen molar-refractivity contribution in [3.63, 3.8) is 0 Å². The van der Waals surface area contributed by atoms with Crippen molar-refractivity contribution in [3.05, 3.63) is 124 Å². The van der Waals surface area contributed by atoms with Gasteiger partial charge < -0.3 is 20.5 Å². The summed E-state index contributed by atoms with van der Waals surface area (Å²) >= 11 is 0. The smallest absolute Gasteiger partial charge is 0.315 e. The van der Waals surface area contributed by atoms with Crippen LogP contribution >= 0.6 is 0 Å². The van der Waals surface area contributed by atoms with Crippen LogP contribution in [0, 0.1) is 18.2 Å². The molecule has 7 rings (SSSR count). The molecule has 0 saturated carbocycles. The highest BCUT2D eigenvalue weighted by Crippen LogP contribution is 2.29. The Morgan fingerprint density at radius 3 is 2.45 bits per heavy atom. The average Bonchev–Trinajstić information content (AvgIpc) is 3.72. The summed E-state index contributed by atoms with van der Waals surface area (Å²) in [5.41, 5.74) is 13.3. The molecule has 0 aliphatic carbocycles. The summed E-state index contributed by atoms with van der Waals surface area (Å²) < 4.78 is 20.2. The van der Waals surface area contributed by atoms with Crippen LogP contribution < -0.4 is 21.3 Å². The van der Waals surface area contributed by atoms with Crippen LogP contribution in [0.5, 0.6) is 0 Å². The van der Waals surface area contributed by atoms with Gasteiger partial charge in [-0.05, 0) is 72.4 Å². The van der Waals surface area contributed by atoms with E-state index in [0.29, 0.717) is 35.4 Å². The van der Waals surface area contributed by atoms with Crippen molar-refractivity contribution in [3.8, 4) is 11.1 Å². The van der Waals surface area contributed by atoms with E-state index in [4.69, 9.17) is 15.7 Å². The normalized spacial score (nSPS) is 16.3. The van der Waals surface area contributed by atoms with E-state index in [1.54, 1.807) is 12.3 Å². The van der Waals surface area contributed by atoms with Crippen molar-refractivity contribution >= 4 is 34.9 Å². The van der Waals surface area contributed by atoms with Gasteiger partial charge >= 0.3 is 11.8 Å². The number of aromatic nitrogens is 3. The first-order valence-electron chi connectivity index (χ1n) is 19.5. The van der Waals surface area contributed by atoms with Gasteiger partial charge in [-0.2, -0.15) is 4.98 Å². The topological polar surface area (TPSA) is 183 Å². The number of halogens is 1. The lowest BCUT2D eigenvalue weighted by molar-refractivity contribution is -0.134. The second kappa shape index (κ2) is 16.7. The number of amides is 3. The van der Waals surface area contributed by atoms with E-state index in [1.165, 1.54) is 6.07 Å². The summed E-state index contributed by atoms with van der Waals surface area (Å²) in [6.45, 7) is 12.3. The fraction of sp³-hybridized carbons (Fsp3) is 0.341. The molecule has 58 heavy (non-hydrogen) atoms. The van der Waals surface area contributed by atoms with Gasteiger partial charge in [0.25, 0.3) is 0 Å². The Bertz CT molecular complexity index is 2360. The maximum atomic E-state index is 15.0. The number of aryl methyl sites for hydroxylation is 1. The monoisotopic (exact) mass is 785 g/mol. The van der Waals surface area contributed by atoms with Crippen molar-refractivity contribution in [1.82, 2.24) is 30.7 Å². The van der Waals surface area contributed by atoms with Crippen LogP contribution in [0.2, 0.25) is 0 Å². The van der Waals surface area contributed by atoms with Gasteiger partial charge in [0.15, 0.2) is 5.82 Å². The minimum absolute atomic E-state index is 0.0838. The highest BCUT2D eigenvalue weighted by Gasteiger charge is 2.30. The summed E-state index contributed by atoms with van der Waals surface area (Å²) in [6.07, 6.45) is 2.96. The molecule has 2 aliphatic heterocycles. The molecule has 2 saturated heterocycles. The Morgan fingerprint density at radius 1 is 1.02 bits per heavy atom. The SMILES string of the molecule is Cc1cc(C(=N)c2cc(-c3ccc(N4CCN(CCc5ccc(C6CCC(=O)NC6=O)c(F)c5)CC4)cc3)cnc2N)ccc1CNC(=O)c1nc(C(C)(C)C)no1. The van der Waals surface area contributed by atoms with E-state index < -0.39 is 23.5 Å². The maximum Gasteiger partial charge on any atom is 0.315 e. The number of carbonyl (C=O) groups is 3. The van der Waals surface area contributed by atoms with E-state index in [0.717, 1.165) is 66.2 Å². The van der Waals surface area contributed by atoms with E-state index in [1.807, 2.05) is 58.0 Å². The summed E-state index contributed by atoms with van der Waals surface area (Å²) in [5.74, 6) is -1.59. The number of piperidine rings is 1. The van der Waals surface area contributed by atoms with Crippen LogP contribution in [0.25, 0.3) is 11.1 Å². The molecule has 2 aliphatic rings. The van der Waals surface area contributed by atoms with E-state index in [-0.39, 0.29) is 41.7 Å². The molecule has 1 atom stereocenters. The van der Waals surface area contributed by atoms with Crippen molar-refractivity contribution in [2.24, 2.45) is 0 Å². The zero-order valence-electron chi connectivity index (χ0n) is 33.2. The third-order valence-corrected chi connectivity index (χ3v) is 10.9. The van der Waals surface area contributed by atoms with E-state index >= 15 is 0 Å². The number of benzene rings is 3. The van der Waals surface area contributed by atoms with Crippen LogP contribution in [0.4, 0.5) is 15.9 Å². The predicted molar refractivity (Wildman–Crippen MR) is 219 cm³/mol. The lowest BCUT2D eigenvalue weighted by Crippen LogP contribution is -2.47. The number of nitrogens with one attached hydrogen (secondary N) is 3. The summed E-state index contributed by atoms with van der Waals surface area (Å²) in [6, 6.07) is 20.9. The molecule has 14 heteroatoms. The molecular weight excluding hydrogens is 738 g/mol. The van der Waals surface area contributed by atoms with Gasteiger partial charge in [-0.15, -0.1) is 0 Å². The number of imide groups is 1. The Morgan fingerprint density at radius 2 is 1.78 bits per heavy atom. The molecule has 0 spiro atoms. The van der Waals surface area contributed by atoms with Crippen molar-refractivity contribution in [2.45, 2.75) is 64.8 Å². The van der Waals surface area contributed by atoms with Gasteiger partial charge in [0, 0.05) is 85.2 Å². The minimum atomic E-state index is -0.632. The number of nitrogen functional groups attached to an aromatic ring is 1. The molecule has 4 heterocycles. The lowest BCUT2D eigenvalue weighted by Gasteiger charge is -2.36. The molecule has 3 aromatic carbocycles. The molecule has 13 nitrogen and oxygen atoms in total. The van der Waals surface area contributed by atoms with Crippen molar-refractivity contribution in [1.29, 1.82) is 5.41 Å². The number of carbonyl (C=O) groups excluding carboxylic acids is 3. The Hall–Kier alpha value is -6.28. The largest absolute Gasteiger partial charge is 0.383 e. The standard InChI is InChI=1S/C44H48FN9O4/c1-26-21-29(6-7-30(26)24-49-41(57)42-51-43(52-58-42)44(2,3)4)38(46)35-23-31(25-48-39(35)47)28-8-10-32(11-9-28)54-19-17-53(18-20-54)16-15-27-5-12-33(36(45)22-27)34-13-14-37(55)50-40(34)56/h5-12,21-23,25,34,46H,13-20,24H2,1-4H3,(H2,47,48)(H,49,57)(H,50,55,56). The first kappa shape index (κ1) is 39.9. The molecule has 300 valence electrons. The maximum absolute atomic E-state index is 15.0. The number of nitrogens with zero attached hydrogens (tertiary/aromatic N) is 5. The number of nitrogens with two attached hydrogens (primary N) is 1. The highest BCUT2D eigenvalue weighted by molar-refractivity contribution is 6.14. The molecule has 3 amide bonds. The third-order valence-electron chi connectivity index (χ3n) is 10.9. The van der Waals surface area contributed by atoms with Crippen molar-refractivity contribution in [2.75, 3.05) is 43.4 Å². The van der Waals surface area contributed by atoms with Crippen LogP contribution in [0.1, 0.15) is 89.4 Å². The number of hydrogen-bond acceptors (Lipinski definition) is 11. The Balaban J connectivity index is 0.918. The molecule has 2 aromatic heterocycles. The van der Waals surface area contributed by atoms with Gasteiger partial charge in [0.2, 0.25) is 11.8 Å². The van der Waals surface area contributed by atoms with Gasteiger partial charge in [0.1, 0.15) is 11.6 Å². The fourth-order valence-electron chi connectivity index (χ4n) is 7.29. The highest BCUT2D eigenvalue weighted by atomic mass is 19.1. The molecule has 2 fully saturated rings. The predicted octanol–water partition coefficient (Wildman–Crippen LogP) is 5.69.